The second-order valence-corrected chi connectivity index (χ2v) is 8.62. The van der Waals surface area contributed by atoms with E-state index < -0.39 is 10.0 Å². The van der Waals surface area contributed by atoms with Crippen molar-refractivity contribution in [2.45, 2.75) is 52.9 Å². The molecule has 5 nitrogen and oxygen atoms in total. The van der Waals surface area contributed by atoms with Crippen LogP contribution in [0.4, 0.5) is 5.69 Å². The van der Waals surface area contributed by atoms with Crippen LogP contribution < -0.4 is 9.62 Å². The summed E-state index contributed by atoms with van der Waals surface area (Å²) in [5.41, 5.74) is 2.53. The monoisotopic (exact) mass is 354 g/mol. The van der Waals surface area contributed by atoms with Gasteiger partial charge in [0.2, 0.25) is 15.9 Å². The Morgan fingerprint density at radius 1 is 1.12 bits per heavy atom. The highest BCUT2D eigenvalue weighted by molar-refractivity contribution is 7.92. The molecular formula is C18H30N2O3S. The van der Waals surface area contributed by atoms with Gasteiger partial charge in [-0.05, 0) is 29.4 Å². The van der Waals surface area contributed by atoms with Crippen LogP contribution in [-0.2, 0) is 14.8 Å². The van der Waals surface area contributed by atoms with Gasteiger partial charge in [-0.3, -0.25) is 9.10 Å². The number of sulfonamides is 1. The van der Waals surface area contributed by atoms with Crippen molar-refractivity contribution < 1.29 is 13.2 Å². The van der Waals surface area contributed by atoms with Crippen LogP contribution in [0.3, 0.4) is 0 Å². The van der Waals surface area contributed by atoms with Crippen molar-refractivity contribution in [3.05, 3.63) is 29.3 Å². The molecule has 0 aromatic heterocycles. The lowest BCUT2D eigenvalue weighted by Crippen LogP contribution is -2.41. The molecule has 0 aliphatic rings. The van der Waals surface area contributed by atoms with Crippen molar-refractivity contribution >= 4 is 21.6 Å². The van der Waals surface area contributed by atoms with Crippen LogP contribution in [0.1, 0.15) is 64.0 Å². The summed E-state index contributed by atoms with van der Waals surface area (Å²) in [6, 6.07) is 5.83. The molecule has 0 atom stereocenters. The lowest BCUT2D eigenvalue weighted by atomic mass is 9.92. The van der Waals surface area contributed by atoms with Gasteiger partial charge in [0.05, 0.1) is 11.9 Å². The standard InChI is InChI=1S/C18H30N2O3S/c1-7-11-19-17(21)12-20(24(6,22)23)18-15(13(2)3)9-8-10-16(18)14(4)5/h8-10,13-14H,7,11-12H2,1-6H3,(H,19,21). The van der Waals surface area contributed by atoms with E-state index >= 15 is 0 Å². The normalized spacial score (nSPS) is 11.8. The number of hydrogen-bond donors (Lipinski definition) is 1. The molecule has 6 heteroatoms. The Morgan fingerprint density at radius 2 is 1.62 bits per heavy atom. The smallest absolute Gasteiger partial charge is 0.240 e. The molecule has 0 radical (unpaired) electrons. The number of carbonyl (C=O) groups excluding carboxylic acids is 1. The Labute approximate surface area is 146 Å². The Hall–Kier alpha value is -1.56. The van der Waals surface area contributed by atoms with E-state index in [4.69, 9.17) is 0 Å². The molecular weight excluding hydrogens is 324 g/mol. The minimum atomic E-state index is -3.58. The van der Waals surface area contributed by atoms with E-state index in [0.717, 1.165) is 23.8 Å². The number of rotatable bonds is 8. The van der Waals surface area contributed by atoms with Gasteiger partial charge in [0.1, 0.15) is 6.54 Å². The third-order valence-corrected chi connectivity index (χ3v) is 4.96. The third kappa shape index (κ3) is 5.23. The zero-order chi connectivity index (χ0) is 18.5. The first-order valence-electron chi connectivity index (χ1n) is 8.46. The van der Waals surface area contributed by atoms with Crippen LogP contribution in [0.15, 0.2) is 18.2 Å². The molecule has 0 heterocycles. The SMILES string of the molecule is CCCNC(=O)CN(c1c(C(C)C)cccc1C(C)C)S(C)(=O)=O. The van der Waals surface area contributed by atoms with Crippen LogP contribution in [-0.4, -0.2) is 33.7 Å². The highest BCUT2D eigenvalue weighted by Gasteiger charge is 2.27. The minimum Gasteiger partial charge on any atom is -0.355 e. The van der Waals surface area contributed by atoms with Gasteiger partial charge in [-0.1, -0.05) is 52.8 Å². The van der Waals surface area contributed by atoms with E-state index in [-0.39, 0.29) is 24.3 Å². The van der Waals surface area contributed by atoms with Crippen LogP contribution in [0.2, 0.25) is 0 Å². The predicted octanol–water partition coefficient (Wildman–Crippen LogP) is 3.23. The first-order chi connectivity index (χ1) is 11.1. The Kier molecular flexibility index (Phi) is 7.27. The maximum Gasteiger partial charge on any atom is 0.240 e. The summed E-state index contributed by atoms with van der Waals surface area (Å²) >= 11 is 0. The van der Waals surface area contributed by atoms with Crippen LogP contribution in [0.5, 0.6) is 0 Å². The molecule has 0 fully saturated rings. The van der Waals surface area contributed by atoms with E-state index in [0.29, 0.717) is 12.2 Å². The summed E-state index contributed by atoms with van der Waals surface area (Å²) in [4.78, 5) is 12.2. The second-order valence-electron chi connectivity index (χ2n) is 6.71. The molecule has 0 spiro atoms. The van der Waals surface area contributed by atoms with Crippen LogP contribution >= 0.6 is 0 Å². The number of amides is 1. The fraction of sp³-hybridized carbons (Fsp3) is 0.611. The fourth-order valence-corrected chi connectivity index (χ4v) is 3.51. The van der Waals surface area contributed by atoms with Crippen molar-refractivity contribution in [1.29, 1.82) is 0 Å². The fourth-order valence-electron chi connectivity index (χ4n) is 2.61. The number of carbonyl (C=O) groups is 1. The lowest BCUT2D eigenvalue weighted by molar-refractivity contribution is -0.119. The molecule has 1 amide bonds. The Bertz CT molecular complexity index is 641. The molecule has 1 N–H and O–H groups in total. The molecule has 0 unspecified atom stereocenters. The molecule has 0 aliphatic heterocycles. The molecule has 0 aliphatic carbocycles. The summed E-state index contributed by atoms with van der Waals surface area (Å²) in [5, 5.41) is 2.76. The second kappa shape index (κ2) is 8.51. The van der Waals surface area contributed by atoms with Gasteiger partial charge >= 0.3 is 0 Å². The summed E-state index contributed by atoms with van der Waals surface area (Å²) in [6.07, 6.45) is 1.96. The Morgan fingerprint density at radius 3 is 2.00 bits per heavy atom. The summed E-state index contributed by atoms with van der Waals surface area (Å²) in [6.45, 7) is 10.4. The predicted molar refractivity (Wildman–Crippen MR) is 100 cm³/mol. The first kappa shape index (κ1) is 20.5. The van der Waals surface area contributed by atoms with E-state index in [9.17, 15) is 13.2 Å². The van der Waals surface area contributed by atoms with Crippen molar-refractivity contribution in [3.8, 4) is 0 Å². The van der Waals surface area contributed by atoms with Crippen molar-refractivity contribution in [2.24, 2.45) is 0 Å². The number of hydrogen-bond acceptors (Lipinski definition) is 3. The summed E-state index contributed by atoms with van der Waals surface area (Å²) in [5.74, 6) is 0.0267. The third-order valence-electron chi connectivity index (χ3n) is 3.85. The maximum absolute atomic E-state index is 12.4. The highest BCUT2D eigenvalue weighted by atomic mass is 32.2. The topological polar surface area (TPSA) is 66.5 Å². The van der Waals surface area contributed by atoms with E-state index in [1.807, 2.05) is 52.8 Å². The highest BCUT2D eigenvalue weighted by Crippen LogP contribution is 2.36. The molecule has 1 aromatic carbocycles. The Balaban J connectivity index is 3.45. The van der Waals surface area contributed by atoms with Gasteiger partial charge in [0, 0.05) is 6.54 Å². The van der Waals surface area contributed by atoms with Crippen molar-refractivity contribution in [3.63, 3.8) is 0 Å². The quantitative estimate of drug-likeness (QED) is 0.779. The van der Waals surface area contributed by atoms with Gasteiger partial charge in [-0.25, -0.2) is 8.42 Å². The molecule has 24 heavy (non-hydrogen) atoms. The summed E-state index contributed by atoms with van der Waals surface area (Å²) < 4.78 is 26.1. The lowest BCUT2D eigenvalue weighted by Gasteiger charge is -2.29. The molecule has 136 valence electrons. The molecule has 0 saturated carbocycles. The minimum absolute atomic E-state index is 0.154. The zero-order valence-electron chi connectivity index (χ0n) is 15.6. The number of benzene rings is 1. The van der Waals surface area contributed by atoms with Crippen LogP contribution in [0.25, 0.3) is 0 Å². The van der Waals surface area contributed by atoms with E-state index in [2.05, 4.69) is 5.32 Å². The van der Waals surface area contributed by atoms with Crippen molar-refractivity contribution in [1.82, 2.24) is 5.32 Å². The van der Waals surface area contributed by atoms with Gasteiger partial charge in [-0.2, -0.15) is 0 Å². The van der Waals surface area contributed by atoms with E-state index in [1.165, 1.54) is 4.31 Å². The molecule has 0 bridgehead atoms. The van der Waals surface area contributed by atoms with Crippen molar-refractivity contribution in [2.75, 3.05) is 23.7 Å². The van der Waals surface area contributed by atoms with Gasteiger partial charge in [0.15, 0.2) is 0 Å². The maximum atomic E-state index is 12.4. The summed E-state index contributed by atoms with van der Waals surface area (Å²) in [7, 11) is -3.58. The number of para-hydroxylation sites is 1. The first-order valence-corrected chi connectivity index (χ1v) is 10.3. The average molecular weight is 355 g/mol. The van der Waals surface area contributed by atoms with Gasteiger partial charge in [0.25, 0.3) is 0 Å². The average Bonchev–Trinajstić information content (AvgIpc) is 2.48. The van der Waals surface area contributed by atoms with Gasteiger partial charge in [-0.15, -0.1) is 0 Å². The van der Waals surface area contributed by atoms with Crippen LogP contribution in [0, 0.1) is 0 Å². The number of anilines is 1. The zero-order valence-corrected chi connectivity index (χ0v) is 16.4. The number of nitrogens with zero attached hydrogens (tertiary/aromatic N) is 1. The van der Waals surface area contributed by atoms with E-state index in [1.54, 1.807) is 0 Å². The molecule has 0 saturated heterocycles. The molecule has 1 aromatic rings. The number of nitrogens with one attached hydrogen (secondary N) is 1. The molecule has 1 rings (SSSR count). The largest absolute Gasteiger partial charge is 0.355 e. The van der Waals surface area contributed by atoms with Gasteiger partial charge < -0.3 is 5.32 Å².